The molecule has 176 valence electrons. The zero-order valence-corrected chi connectivity index (χ0v) is 18.6. The SMILES string of the molecule is CN(C(=O)C(O)C1CC1)C1CC(Oc2cc(-c3cnc(N)nc3)nc(N3CCOCC3)n2)C1. The number of aliphatic hydroxyl groups is 1. The average molecular weight is 456 g/mol. The molecule has 2 saturated carbocycles. The van der Waals surface area contributed by atoms with Gasteiger partial charge < -0.3 is 30.1 Å². The van der Waals surface area contributed by atoms with Crippen LogP contribution in [0.2, 0.25) is 0 Å². The van der Waals surface area contributed by atoms with E-state index in [1.807, 2.05) is 0 Å². The maximum Gasteiger partial charge on any atom is 0.251 e. The number of hydrogen-bond donors (Lipinski definition) is 2. The highest BCUT2D eigenvalue weighted by atomic mass is 16.5. The lowest BCUT2D eigenvalue weighted by atomic mass is 9.87. The molecule has 33 heavy (non-hydrogen) atoms. The van der Waals surface area contributed by atoms with Crippen LogP contribution in [0.1, 0.15) is 25.7 Å². The number of likely N-dealkylation sites (N-methyl/N-ethyl adjacent to an activating group) is 1. The topological polar surface area (TPSA) is 140 Å². The molecule has 0 bridgehead atoms. The number of amides is 1. The van der Waals surface area contributed by atoms with Gasteiger partial charge in [0.2, 0.25) is 17.8 Å². The number of aliphatic hydroxyl groups excluding tert-OH is 1. The second-order valence-corrected chi connectivity index (χ2v) is 8.92. The molecule has 3 heterocycles. The van der Waals surface area contributed by atoms with Crippen LogP contribution < -0.4 is 15.4 Å². The first-order valence-electron chi connectivity index (χ1n) is 11.4. The van der Waals surface area contributed by atoms with Crippen LogP contribution in [0.4, 0.5) is 11.9 Å². The molecule has 2 aromatic heterocycles. The van der Waals surface area contributed by atoms with Crippen LogP contribution in [-0.4, -0.2) is 87.5 Å². The Hall–Kier alpha value is -3.05. The molecule has 3 N–H and O–H groups in total. The number of anilines is 2. The molecule has 0 aromatic carbocycles. The zero-order chi connectivity index (χ0) is 22.9. The van der Waals surface area contributed by atoms with E-state index in [1.165, 1.54) is 0 Å². The van der Waals surface area contributed by atoms with Gasteiger partial charge in [0.05, 0.1) is 18.9 Å². The Kier molecular flexibility index (Phi) is 5.98. The van der Waals surface area contributed by atoms with Gasteiger partial charge in [0, 0.05) is 63.0 Å². The summed E-state index contributed by atoms with van der Waals surface area (Å²) in [6.45, 7) is 2.63. The zero-order valence-electron chi connectivity index (χ0n) is 18.6. The summed E-state index contributed by atoms with van der Waals surface area (Å²) in [6.07, 6.45) is 5.55. The lowest BCUT2D eigenvalue weighted by Gasteiger charge is -2.41. The first-order chi connectivity index (χ1) is 16.0. The van der Waals surface area contributed by atoms with Gasteiger partial charge in [0.15, 0.2) is 0 Å². The maximum absolute atomic E-state index is 12.4. The van der Waals surface area contributed by atoms with E-state index in [-0.39, 0.29) is 29.9 Å². The number of nitrogen functional groups attached to an aromatic ring is 1. The Morgan fingerprint density at radius 3 is 2.61 bits per heavy atom. The van der Waals surface area contributed by atoms with Gasteiger partial charge >= 0.3 is 0 Å². The summed E-state index contributed by atoms with van der Waals surface area (Å²) in [6, 6.07) is 1.83. The number of ether oxygens (including phenoxy) is 2. The number of hydrogen-bond acceptors (Lipinski definition) is 10. The molecule has 3 aliphatic rings. The van der Waals surface area contributed by atoms with Gasteiger partial charge in [-0.3, -0.25) is 4.79 Å². The van der Waals surface area contributed by atoms with Crippen LogP contribution in [0.25, 0.3) is 11.3 Å². The van der Waals surface area contributed by atoms with Crippen LogP contribution in [-0.2, 0) is 9.53 Å². The highest BCUT2D eigenvalue weighted by Crippen LogP contribution is 2.35. The number of carbonyl (C=O) groups excluding carboxylic acids is 1. The summed E-state index contributed by atoms with van der Waals surface area (Å²) in [5, 5.41) is 10.1. The predicted octanol–water partition coefficient (Wildman–Crippen LogP) is 0.492. The quantitative estimate of drug-likeness (QED) is 0.606. The predicted molar refractivity (Wildman–Crippen MR) is 119 cm³/mol. The number of morpholine rings is 1. The third-order valence-corrected chi connectivity index (χ3v) is 6.53. The number of nitrogens with two attached hydrogens (primary N) is 1. The minimum atomic E-state index is -0.877. The van der Waals surface area contributed by atoms with Crippen LogP contribution in [0, 0.1) is 5.92 Å². The number of carbonyl (C=O) groups is 1. The lowest BCUT2D eigenvalue weighted by Crippen LogP contribution is -2.52. The minimum absolute atomic E-state index is 0.0569. The molecule has 1 unspecified atom stereocenters. The fourth-order valence-electron chi connectivity index (χ4n) is 4.12. The standard InChI is InChI=1S/C22H29N7O4/c1-28(20(31)19(30)13-2-3-13)15-8-16(9-15)33-18-10-17(14-11-24-21(23)25-12-14)26-22(27-18)29-4-6-32-7-5-29/h10-13,15-16,19,30H,2-9H2,1H3,(H2,23,24,25). The Morgan fingerprint density at radius 1 is 1.24 bits per heavy atom. The van der Waals surface area contributed by atoms with Gasteiger partial charge in [-0.05, 0) is 18.8 Å². The summed E-state index contributed by atoms with van der Waals surface area (Å²) in [5.41, 5.74) is 6.99. The van der Waals surface area contributed by atoms with E-state index in [9.17, 15) is 9.90 Å². The molecule has 5 rings (SSSR count). The van der Waals surface area contributed by atoms with Crippen LogP contribution in [0.3, 0.4) is 0 Å². The number of nitrogens with zero attached hydrogens (tertiary/aromatic N) is 6. The Balaban J connectivity index is 1.28. The lowest BCUT2D eigenvalue weighted by molar-refractivity contribution is -0.145. The average Bonchev–Trinajstić information content (AvgIpc) is 3.66. The molecular weight excluding hydrogens is 426 g/mol. The molecule has 0 radical (unpaired) electrons. The van der Waals surface area contributed by atoms with Crippen molar-refractivity contribution in [2.24, 2.45) is 5.92 Å². The molecule has 2 aromatic rings. The van der Waals surface area contributed by atoms with Gasteiger partial charge in [0.1, 0.15) is 12.2 Å². The van der Waals surface area contributed by atoms with Gasteiger partial charge in [-0.1, -0.05) is 0 Å². The Morgan fingerprint density at radius 2 is 1.94 bits per heavy atom. The fourth-order valence-corrected chi connectivity index (χ4v) is 4.12. The molecule has 0 spiro atoms. The summed E-state index contributed by atoms with van der Waals surface area (Å²) in [5.74, 6) is 1.17. The number of rotatable bonds is 7. The summed E-state index contributed by atoms with van der Waals surface area (Å²) >= 11 is 0. The van der Waals surface area contributed by atoms with Crippen molar-refractivity contribution in [1.82, 2.24) is 24.8 Å². The number of aromatic nitrogens is 4. The molecule has 2 aliphatic carbocycles. The van der Waals surface area contributed by atoms with Crippen molar-refractivity contribution in [3.8, 4) is 17.1 Å². The van der Waals surface area contributed by atoms with E-state index in [0.717, 1.165) is 18.4 Å². The normalized spacial score (nSPS) is 23.5. The maximum atomic E-state index is 12.4. The van der Waals surface area contributed by atoms with Crippen molar-refractivity contribution in [3.05, 3.63) is 18.5 Å². The first kappa shape index (κ1) is 21.8. The van der Waals surface area contributed by atoms with Crippen molar-refractivity contribution in [2.45, 2.75) is 43.9 Å². The Bertz CT molecular complexity index is 989. The molecular formula is C22H29N7O4. The Labute approximate surface area is 192 Å². The highest BCUT2D eigenvalue weighted by molar-refractivity contribution is 5.81. The van der Waals surface area contributed by atoms with E-state index < -0.39 is 6.10 Å². The molecule has 11 heteroatoms. The summed E-state index contributed by atoms with van der Waals surface area (Å²) < 4.78 is 11.6. The van der Waals surface area contributed by atoms with Gasteiger partial charge in [-0.2, -0.15) is 4.98 Å². The first-order valence-corrected chi connectivity index (χ1v) is 11.4. The fraction of sp³-hybridized carbons (Fsp3) is 0.591. The van der Waals surface area contributed by atoms with Gasteiger partial charge in [-0.15, -0.1) is 0 Å². The van der Waals surface area contributed by atoms with Crippen molar-refractivity contribution in [3.63, 3.8) is 0 Å². The third kappa shape index (κ3) is 4.83. The van der Waals surface area contributed by atoms with E-state index in [2.05, 4.69) is 19.9 Å². The molecule has 3 fully saturated rings. The van der Waals surface area contributed by atoms with Gasteiger partial charge in [-0.25, -0.2) is 15.0 Å². The van der Waals surface area contributed by atoms with Gasteiger partial charge in [0.25, 0.3) is 5.91 Å². The van der Waals surface area contributed by atoms with Crippen LogP contribution >= 0.6 is 0 Å². The summed E-state index contributed by atoms with van der Waals surface area (Å²) in [4.78, 5) is 33.6. The molecule has 1 aliphatic heterocycles. The minimum Gasteiger partial charge on any atom is -0.474 e. The summed E-state index contributed by atoms with van der Waals surface area (Å²) in [7, 11) is 1.76. The largest absolute Gasteiger partial charge is 0.474 e. The van der Waals surface area contributed by atoms with E-state index >= 15 is 0 Å². The van der Waals surface area contributed by atoms with Crippen LogP contribution in [0.15, 0.2) is 18.5 Å². The molecule has 1 amide bonds. The van der Waals surface area contributed by atoms with Crippen molar-refractivity contribution in [1.29, 1.82) is 0 Å². The second kappa shape index (κ2) is 9.06. The van der Waals surface area contributed by atoms with E-state index in [1.54, 1.807) is 30.4 Å². The van der Waals surface area contributed by atoms with E-state index in [0.29, 0.717) is 56.7 Å². The highest BCUT2D eigenvalue weighted by Gasteiger charge is 2.41. The molecule has 11 nitrogen and oxygen atoms in total. The van der Waals surface area contributed by atoms with Crippen LogP contribution in [0.5, 0.6) is 5.88 Å². The smallest absolute Gasteiger partial charge is 0.251 e. The van der Waals surface area contributed by atoms with E-state index in [4.69, 9.17) is 20.2 Å². The molecule has 1 saturated heterocycles. The van der Waals surface area contributed by atoms with Crippen molar-refractivity contribution < 1.29 is 19.4 Å². The van der Waals surface area contributed by atoms with Crippen molar-refractivity contribution >= 4 is 17.8 Å². The molecule has 1 atom stereocenters. The monoisotopic (exact) mass is 455 g/mol. The second-order valence-electron chi connectivity index (χ2n) is 8.92. The van der Waals surface area contributed by atoms with Crippen molar-refractivity contribution in [2.75, 3.05) is 44.0 Å². The third-order valence-electron chi connectivity index (χ3n) is 6.53.